The number of esters is 3. The van der Waals surface area contributed by atoms with Crippen LogP contribution in [0.3, 0.4) is 0 Å². The molecule has 2 atom stereocenters. The van der Waals surface area contributed by atoms with Gasteiger partial charge in [-0.2, -0.15) is 0 Å². The molecule has 0 saturated heterocycles. The van der Waals surface area contributed by atoms with Crippen molar-refractivity contribution in [1.82, 2.24) is 0 Å². The molecule has 0 radical (unpaired) electrons. The molecule has 0 aromatic rings. The molecule has 0 aliphatic carbocycles. The van der Waals surface area contributed by atoms with Crippen molar-refractivity contribution in [2.24, 2.45) is 11.8 Å². The Kier molecular flexibility index (Phi) is 46.6. The molecule has 6 heteroatoms. The van der Waals surface area contributed by atoms with Crippen LogP contribution in [0.1, 0.15) is 304 Å². The molecule has 0 aliphatic rings. The van der Waals surface area contributed by atoms with E-state index in [0.717, 1.165) is 69.6 Å². The van der Waals surface area contributed by atoms with E-state index in [1.807, 2.05) is 0 Å². The van der Waals surface area contributed by atoms with Crippen molar-refractivity contribution in [3.05, 3.63) is 0 Å². The highest BCUT2D eigenvalue weighted by molar-refractivity contribution is 5.71. The van der Waals surface area contributed by atoms with Crippen LogP contribution in [0.4, 0.5) is 0 Å². The molecule has 362 valence electrons. The maximum absolute atomic E-state index is 12.8. The van der Waals surface area contributed by atoms with Gasteiger partial charge in [-0.3, -0.25) is 14.4 Å². The summed E-state index contributed by atoms with van der Waals surface area (Å²) in [4.78, 5) is 37.9. The number of rotatable bonds is 49. The largest absolute Gasteiger partial charge is 0.462 e. The highest BCUT2D eigenvalue weighted by Gasteiger charge is 2.19. The second-order valence-corrected chi connectivity index (χ2v) is 19.6. The van der Waals surface area contributed by atoms with E-state index in [9.17, 15) is 14.4 Å². The molecule has 61 heavy (non-hydrogen) atoms. The third-order valence-corrected chi connectivity index (χ3v) is 12.8. The van der Waals surface area contributed by atoms with E-state index >= 15 is 0 Å². The lowest BCUT2D eigenvalue weighted by Crippen LogP contribution is -2.30. The van der Waals surface area contributed by atoms with Crippen molar-refractivity contribution in [2.45, 2.75) is 310 Å². The first-order valence-corrected chi connectivity index (χ1v) is 27.3. The summed E-state index contributed by atoms with van der Waals surface area (Å²) in [5.41, 5.74) is 0. The topological polar surface area (TPSA) is 78.9 Å². The van der Waals surface area contributed by atoms with Crippen LogP contribution in [0.25, 0.3) is 0 Å². The lowest BCUT2D eigenvalue weighted by atomic mass is 9.99. The Labute approximate surface area is 380 Å². The van der Waals surface area contributed by atoms with Gasteiger partial charge in [-0.25, -0.2) is 0 Å². The Morgan fingerprint density at radius 1 is 0.344 bits per heavy atom. The normalized spacial score (nSPS) is 12.5. The van der Waals surface area contributed by atoms with E-state index in [1.165, 1.54) is 193 Å². The average Bonchev–Trinajstić information content (AvgIpc) is 3.24. The van der Waals surface area contributed by atoms with Gasteiger partial charge in [0.1, 0.15) is 13.2 Å². The Morgan fingerprint density at radius 3 is 0.934 bits per heavy atom. The van der Waals surface area contributed by atoms with E-state index in [4.69, 9.17) is 14.2 Å². The van der Waals surface area contributed by atoms with Gasteiger partial charge in [-0.15, -0.1) is 0 Å². The third kappa shape index (κ3) is 47.7. The van der Waals surface area contributed by atoms with Gasteiger partial charge in [-0.1, -0.05) is 266 Å². The highest BCUT2D eigenvalue weighted by Crippen LogP contribution is 2.18. The van der Waals surface area contributed by atoms with Crippen LogP contribution in [0.15, 0.2) is 0 Å². The zero-order chi connectivity index (χ0) is 44.7. The Balaban J connectivity index is 4.18. The van der Waals surface area contributed by atoms with Crippen LogP contribution in [0.2, 0.25) is 0 Å². The van der Waals surface area contributed by atoms with Gasteiger partial charge in [0.05, 0.1) is 0 Å². The summed E-state index contributed by atoms with van der Waals surface area (Å²) in [6.45, 7) is 11.4. The van der Waals surface area contributed by atoms with Crippen LogP contribution in [-0.2, 0) is 28.6 Å². The van der Waals surface area contributed by atoms with Crippen molar-refractivity contribution in [2.75, 3.05) is 13.2 Å². The van der Waals surface area contributed by atoms with Gasteiger partial charge in [0.15, 0.2) is 6.10 Å². The van der Waals surface area contributed by atoms with Gasteiger partial charge in [0.2, 0.25) is 0 Å². The van der Waals surface area contributed by atoms with E-state index in [0.29, 0.717) is 19.3 Å². The quantitative estimate of drug-likeness (QED) is 0.0344. The fraction of sp³-hybridized carbons (Fsp3) is 0.945. The van der Waals surface area contributed by atoms with Crippen LogP contribution >= 0.6 is 0 Å². The second-order valence-electron chi connectivity index (χ2n) is 19.6. The number of hydrogen-bond acceptors (Lipinski definition) is 6. The SMILES string of the molecule is CCCCCCCCCCCC(=O)OC[C@H](COC(=O)CCCCCCCCCCCC(C)C)OC(=O)CCCCCCCCCCCCCCCCCCCCC(C)CC. The first kappa shape index (κ1) is 59.4. The van der Waals surface area contributed by atoms with Crippen molar-refractivity contribution in [3.8, 4) is 0 Å². The zero-order valence-corrected chi connectivity index (χ0v) is 41.8. The Hall–Kier alpha value is -1.59. The fourth-order valence-corrected chi connectivity index (χ4v) is 8.31. The molecule has 0 rings (SSSR count). The summed E-state index contributed by atoms with van der Waals surface area (Å²) in [5.74, 6) is 0.869. The molecule has 1 unspecified atom stereocenters. The van der Waals surface area contributed by atoms with Crippen LogP contribution in [-0.4, -0.2) is 37.2 Å². The van der Waals surface area contributed by atoms with Crippen molar-refractivity contribution in [1.29, 1.82) is 0 Å². The van der Waals surface area contributed by atoms with Gasteiger partial charge in [0, 0.05) is 19.3 Å². The average molecular weight is 863 g/mol. The fourth-order valence-electron chi connectivity index (χ4n) is 8.31. The molecular weight excluding hydrogens is 757 g/mol. The van der Waals surface area contributed by atoms with E-state index < -0.39 is 6.10 Å². The van der Waals surface area contributed by atoms with Crippen LogP contribution in [0, 0.1) is 11.8 Å². The molecule has 0 spiro atoms. The number of carbonyl (C=O) groups excluding carboxylic acids is 3. The molecule has 0 amide bonds. The molecule has 0 aromatic heterocycles. The molecule has 0 bridgehead atoms. The van der Waals surface area contributed by atoms with Crippen molar-refractivity contribution < 1.29 is 28.6 Å². The number of carbonyl (C=O) groups is 3. The maximum atomic E-state index is 12.8. The van der Waals surface area contributed by atoms with E-state index in [-0.39, 0.29) is 31.1 Å². The third-order valence-electron chi connectivity index (χ3n) is 12.8. The minimum absolute atomic E-state index is 0.0639. The first-order valence-electron chi connectivity index (χ1n) is 27.3. The van der Waals surface area contributed by atoms with Gasteiger partial charge in [0.25, 0.3) is 0 Å². The summed E-state index contributed by atoms with van der Waals surface area (Å²) < 4.78 is 16.8. The minimum Gasteiger partial charge on any atom is -0.462 e. The van der Waals surface area contributed by atoms with Crippen molar-refractivity contribution >= 4 is 17.9 Å². The highest BCUT2D eigenvalue weighted by atomic mass is 16.6. The summed E-state index contributed by atoms with van der Waals surface area (Å²) in [5, 5.41) is 0. The molecular formula is C55H106O6. The van der Waals surface area contributed by atoms with E-state index in [2.05, 4.69) is 34.6 Å². The second kappa shape index (κ2) is 47.9. The zero-order valence-electron chi connectivity index (χ0n) is 41.8. The molecule has 0 saturated carbocycles. The summed E-state index contributed by atoms with van der Waals surface area (Å²) >= 11 is 0. The molecule has 0 N–H and O–H groups in total. The summed E-state index contributed by atoms with van der Waals surface area (Å²) in [6, 6.07) is 0. The Morgan fingerprint density at radius 2 is 0.623 bits per heavy atom. The van der Waals surface area contributed by atoms with Crippen molar-refractivity contribution in [3.63, 3.8) is 0 Å². The molecule has 0 fully saturated rings. The monoisotopic (exact) mass is 863 g/mol. The molecule has 0 aromatic carbocycles. The predicted octanol–water partition coefficient (Wildman–Crippen LogP) is 17.7. The van der Waals surface area contributed by atoms with E-state index in [1.54, 1.807) is 0 Å². The number of unbranched alkanes of at least 4 members (excludes halogenated alkanes) is 33. The summed E-state index contributed by atoms with van der Waals surface area (Å²) in [7, 11) is 0. The standard InChI is InChI=1S/C55H106O6/c1-6-8-9-10-11-23-30-35-40-45-53(56)59-48-52(49-60-54(57)46-41-36-31-27-22-24-28-33-38-43-50(3)4)61-55(58)47-42-37-32-26-21-19-17-15-13-12-14-16-18-20-25-29-34-39-44-51(5)7-2/h50-52H,6-49H2,1-5H3/t51?,52-/m1/s1. The van der Waals surface area contributed by atoms with Crippen LogP contribution in [0.5, 0.6) is 0 Å². The Bertz CT molecular complexity index is 933. The lowest BCUT2D eigenvalue weighted by molar-refractivity contribution is -0.167. The van der Waals surface area contributed by atoms with Gasteiger partial charge >= 0.3 is 17.9 Å². The van der Waals surface area contributed by atoms with Gasteiger partial charge in [-0.05, 0) is 31.1 Å². The minimum atomic E-state index is -0.761. The van der Waals surface area contributed by atoms with Gasteiger partial charge < -0.3 is 14.2 Å². The van der Waals surface area contributed by atoms with Crippen LogP contribution < -0.4 is 0 Å². The lowest BCUT2D eigenvalue weighted by Gasteiger charge is -2.18. The first-order chi connectivity index (χ1) is 29.8. The smallest absolute Gasteiger partial charge is 0.306 e. The molecule has 6 nitrogen and oxygen atoms in total. The summed E-state index contributed by atoms with van der Waals surface area (Å²) in [6.07, 6.45) is 49.5. The maximum Gasteiger partial charge on any atom is 0.306 e. The number of ether oxygens (including phenoxy) is 3. The molecule has 0 heterocycles. The number of hydrogen-bond donors (Lipinski definition) is 0. The molecule has 0 aliphatic heterocycles. The predicted molar refractivity (Wildman–Crippen MR) is 261 cm³/mol.